The lowest BCUT2D eigenvalue weighted by atomic mass is 10.1. The molecule has 1 amide bonds. The average Bonchev–Trinajstić information content (AvgIpc) is 1.99. The van der Waals surface area contributed by atoms with E-state index in [1.54, 1.807) is 5.32 Å². The molecule has 1 atom stereocenters. The Bertz CT molecular complexity index is 240. The Morgan fingerprint density at radius 2 is 1.93 bits per heavy atom. The van der Waals surface area contributed by atoms with Crippen LogP contribution in [-0.4, -0.2) is 29.2 Å². The van der Waals surface area contributed by atoms with Crippen molar-refractivity contribution in [2.24, 2.45) is 0 Å². The van der Waals surface area contributed by atoms with Gasteiger partial charge < -0.3 is 10.4 Å². The van der Waals surface area contributed by atoms with E-state index >= 15 is 0 Å². The van der Waals surface area contributed by atoms with Gasteiger partial charge in [0.1, 0.15) is 6.04 Å². The molecule has 0 radical (unpaired) electrons. The van der Waals surface area contributed by atoms with Gasteiger partial charge in [-0.1, -0.05) is 0 Å². The molecule has 0 aromatic rings. The van der Waals surface area contributed by atoms with E-state index in [1.165, 1.54) is 0 Å². The maximum atomic E-state index is 12.2. The zero-order chi connectivity index (χ0) is 12.1. The Hall–Kier alpha value is -1.27. The van der Waals surface area contributed by atoms with Crippen molar-refractivity contribution in [2.75, 3.05) is 0 Å². The van der Waals surface area contributed by atoms with Crippen LogP contribution in [0, 0.1) is 0 Å². The van der Waals surface area contributed by atoms with E-state index in [1.807, 2.05) is 0 Å². The number of carbonyl (C=O) groups excluding carboxylic acids is 1. The fourth-order valence-corrected chi connectivity index (χ4v) is 1.02. The van der Waals surface area contributed by atoms with Gasteiger partial charge in [-0.05, 0) is 12.8 Å². The number of aliphatic carboxylic acids is 1. The van der Waals surface area contributed by atoms with Crippen LogP contribution in [0.2, 0.25) is 0 Å². The van der Waals surface area contributed by atoms with Gasteiger partial charge in [0.15, 0.2) is 0 Å². The third-order valence-electron chi connectivity index (χ3n) is 1.66. The number of nitrogens with one attached hydrogen (secondary N) is 1. The Balaban J connectivity index is 4.14. The standard InChI is InChI=1S/C8H12F3NO3/c1-5(13)12-6(8(9,10)11)3-2-4-7(14)15/h6H,2-4H2,1H3,(H,12,13)(H,14,15). The van der Waals surface area contributed by atoms with Crippen LogP contribution in [0.25, 0.3) is 0 Å². The van der Waals surface area contributed by atoms with Crippen LogP contribution in [0.4, 0.5) is 13.2 Å². The highest BCUT2D eigenvalue weighted by Crippen LogP contribution is 2.23. The first kappa shape index (κ1) is 13.7. The van der Waals surface area contributed by atoms with Crippen molar-refractivity contribution in [1.82, 2.24) is 5.32 Å². The summed E-state index contributed by atoms with van der Waals surface area (Å²) >= 11 is 0. The fourth-order valence-electron chi connectivity index (χ4n) is 1.02. The van der Waals surface area contributed by atoms with Crippen molar-refractivity contribution >= 4 is 11.9 Å². The minimum absolute atomic E-state index is 0.125. The zero-order valence-electron chi connectivity index (χ0n) is 8.10. The van der Waals surface area contributed by atoms with Crippen molar-refractivity contribution in [3.05, 3.63) is 0 Å². The molecule has 2 N–H and O–H groups in total. The molecule has 0 aliphatic carbocycles. The molecule has 0 saturated heterocycles. The van der Waals surface area contributed by atoms with Crippen molar-refractivity contribution < 1.29 is 27.9 Å². The van der Waals surface area contributed by atoms with E-state index < -0.39 is 30.5 Å². The molecular weight excluding hydrogens is 215 g/mol. The van der Waals surface area contributed by atoms with Gasteiger partial charge in [-0.25, -0.2) is 0 Å². The predicted molar refractivity (Wildman–Crippen MR) is 45.1 cm³/mol. The highest BCUT2D eigenvalue weighted by molar-refractivity contribution is 5.73. The van der Waals surface area contributed by atoms with Crippen molar-refractivity contribution in [1.29, 1.82) is 0 Å². The summed E-state index contributed by atoms with van der Waals surface area (Å²) in [6.45, 7) is 0.982. The summed E-state index contributed by atoms with van der Waals surface area (Å²) < 4.78 is 36.7. The second-order valence-corrected chi connectivity index (χ2v) is 3.08. The topological polar surface area (TPSA) is 66.4 Å². The van der Waals surface area contributed by atoms with Gasteiger partial charge in [-0.2, -0.15) is 13.2 Å². The van der Waals surface area contributed by atoms with Gasteiger partial charge in [0.25, 0.3) is 0 Å². The zero-order valence-corrected chi connectivity index (χ0v) is 8.10. The minimum Gasteiger partial charge on any atom is -0.481 e. The molecule has 0 fully saturated rings. The summed E-state index contributed by atoms with van der Waals surface area (Å²) in [5, 5.41) is 9.98. The molecule has 0 aliphatic heterocycles. The first-order valence-electron chi connectivity index (χ1n) is 4.29. The van der Waals surface area contributed by atoms with Crippen molar-refractivity contribution in [3.8, 4) is 0 Å². The predicted octanol–water partition coefficient (Wildman–Crippen LogP) is 1.31. The van der Waals surface area contributed by atoms with E-state index in [9.17, 15) is 22.8 Å². The normalized spacial score (nSPS) is 13.3. The molecule has 1 unspecified atom stereocenters. The Morgan fingerprint density at radius 1 is 1.40 bits per heavy atom. The van der Waals surface area contributed by atoms with Crippen LogP contribution < -0.4 is 5.32 Å². The van der Waals surface area contributed by atoms with E-state index in [4.69, 9.17) is 5.11 Å². The number of hydrogen-bond donors (Lipinski definition) is 2. The SMILES string of the molecule is CC(=O)NC(CCCC(=O)O)C(F)(F)F. The number of hydrogen-bond acceptors (Lipinski definition) is 2. The Labute approximate surface area is 84.5 Å². The summed E-state index contributed by atoms with van der Waals surface area (Å²) in [5.41, 5.74) is 0. The number of carboxylic acids is 1. The quantitative estimate of drug-likeness (QED) is 0.744. The number of alkyl halides is 3. The molecule has 0 aromatic heterocycles. The van der Waals surface area contributed by atoms with Crippen LogP contribution in [0.3, 0.4) is 0 Å². The van der Waals surface area contributed by atoms with Gasteiger partial charge in [0.05, 0.1) is 0 Å². The molecule has 0 bridgehead atoms. The first-order valence-corrected chi connectivity index (χ1v) is 4.29. The third-order valence-corrected chi connectivity index (χ3v) is 1.66. The van der Waals surface area contributed by atoms with Crippen molar-refractivity contribution in [3.63, 3.8) is 0 Å². The smallest absolute Gasteiger partial charge is 0.408 e. The lowest BCUT2D eigenvalue weighted by Gasteiger charge is -2.20. The minimum atomic E-state index is -4.54. The number of carbonyl (C=O) groups is 2. The third kappa shape index (κ3) is 6.75. The van der Waals surface area contributed by atoms with Crippen molar-refractivity contribution in [2.45, 2.75) is 38.4 Å². The molecule has 0 aromatic carbocycles. The summed E-state index contributed by atoms with van der Waals surface area (Å²) in [6, 6.07) is -1.96. The highest BCUT2D eigenvalue weighted by Gasteiger charge is 2.39. The first-order chi connectivity index (χ1) is 6.73. The van der Waals surface area contributed by atoms with Crippen LogP contribution >= 0.6 is 0 Å². The summed E-state index contributed by atoms with van der Waals surface area (Å²) in [6.07, 6.45) is -5.43. The van der Waals surface area contributed by atoms with Crippen LogP contribution in [0.15, 0.2) is 0 Å². The fraction of sp³-hybridized carbons (Fsp3) is 0.750. The lowest BCUT2D eigenvalue weighted by molar-refractivity contribution is -0.163. The Kier molecular flexibility index (Phi) is 5.10. The van der Waals surface area contributed by atoms with E-state index in [0.717, 1.165) is 6.92 Å². The molecule has 0 spiro atoms. The second kappa shape index (κ2) is 5.57. The summed E-state index contributed by atoms with van der Waals surface area (Å²) in [5.74, 6) is -1.94. The van der Waals surface area contributed by atoms with Gasteiger partial charge in [0, 0.05) is 13.3 Å². The lowest BCUT2D eigenvalue weighted by Crippen LogP contribution is -2.44. The van der Waals surface area contributed by atoms with Gasteiger partial charge in [-0.15, -0.1) is 0 Å². The molecule has 0 saturated carbocycles. The van der Waals surface area contributed by atoms with Crippen LogP contribution in [-0.2, 0) is 9.59 Å². The molecular formula is C8H12F3NO3. The number of carboxylic acid groups (broad SMARTS) is 1. The number of halogens is 3. The molecule has 7 heteroatoms. The monoisotopic (exact) mass is 227 g/mol. The molecule has 0 heterocycles. The average molecular weight is 227 g/mol. The second-order valence-electron chi connectivity index (χ2n) is 3.08. The molecule has 4 nitrogen and oxygen atoms in total. The Morgan fingerprint density at radius 3 is 2.27 bits per heavy atom. The van der Waals surface area contributed by atoms with Gasteiger partial charge in [-0.3, -0.25) is 9.59 Å². The maximum Gasteiger partial charge on any atom is 0.408 e. The molecule has 88 valence electrons. The van der Waals surface area contributed by atoms with Gasteiger partial charge in [0.2, 0.25) is 5.91 Å². The molecule has 15 heavy (non-hydrogen) atoms. The maximum absolute atomic E-state index is 12.2. The number of amides is 1. The van der Waals surface area contributed by atoms with E-state index in [2.05, 4.69) is 0 Å². The van der Waals surface area contributed by atoms with E-state index in [-0.39, 0.29) is 12.8 Å². The van der Waals surface area contributed by atoms with E-state index in [0.29, 0.717) is 0 Å². The van der Waals surface area contributed by atoms with Gasteiger partial charge >= 0.3 is 12.1 Å². The van der Waals surface area contributed by atoms with Crippen LogP contribution in [0.5, 0.6) is 0 Å². The largest absolute Gasteiger partial charge is 0.481 e. The number of rotatable bonds is 5. The van der Waals surface area contributed by atoms with Crippen LogP contribution in [0.1, 0.15) is 26.2 Å². The molecule has 0 aliphatic rings. The summed E-state index contributed by atoms with van der Waals surface area (Å²) in [4.78, 5) is 20.6. The summed E-state index contributed by atoms with van der Waals surface area (Å²) in [7, 11) is 0. The highest BCUT2D eigenvalue weighted by atomic mass is 19.4. The molecule has 0 rings (SSSR count).